The first-order valence-electron chi connectivity index (χ1n) is 8.23. The van der Waals surface area contributed by atoms with Gasteiger partial charge in [0.05, 0.1) is 5.56 Å². The lowest BCUT2D eigenvalue weighted by Gasteiger charge is -2.29. The summed E-state index contributed by atoms with van der Waals surface area (Å²) in [5, 5.41) is 0. The fraction of sp³-hybridized carbons (Fsp3) is 0.143. The highest BCUT2D eigenvalue weighted by atomic mass is 16.2. The Morgan fingerprint density at radius 2 is 1.71 bits per heavy atom. The van der Waals surface area contributed by atoms with Gasteiger partial charge in [0.15, 0.2) is 0 Å². The number of amides is 1. The van der Waals surface area contributed by atoms with E-state index in [0.29, 0.717) is 5.56 Å². The summed E-state index contributed by atoms with van der Waals surface area (Å²) in [6.07, 6.45) is 5.49. The van der Waals surface area contributed by atoms with Gasteiger partial charge in [-0.25, -0.2) is 0 Å². The average Bonchev–Trinajstić information content (AvgIpc) is 2.68. The van der Waals surface area contributed by atoms with Crippen molar-refractivity contribution in [3.8, 4) is 11.1 Å². The molecule has 3 nitrogen and oxygen atoms in total. The lowest BCUT2D eigenvalue weighted by atomic mass is 10.0. The molecule has 0 spiro atoms. The van der Waals surface area contributed by atoms with Crippen molar-refractivity contribution in [2.24, 2.45) is 0 Å². The van der Waals surface area contributed by atoms with Gasteiger partial charge in [0, 0.05) is 30.2 Å². The molecular weight excluding hydrogens is 296 g/mol. The van der Waals surface area contributed by atoms with E-state index in [1.54, 1.807) is 12.4 Å². The number of carbonyl (C=O) groups is 1. The smallest absolute Gasteiger partial charge is 0.259 e. The zero-order valence-electron chi connectivity index (χ0n) is 13.4. The Kier molecular flexibility index (Phi) is 3.83. The Balaban J connectivity index is 1.69. The van der Waals surface area contributed by atoms with Gasteiger partial charge in [0.1, 0.15) is 0 Å². The summed E-state index contributed by atoms with van der Waals surface area (Å²) in [5.41, 5.74) is 4.93. The number of benzene rings is 2. The molecule has 1 amide bonds. The summed E-state index contributed by atoms with van der Waals surface area (Å²) in [5.74, 6) is 0.0208. The molecule has 4 rings (SSSR count). The maximum absolute atomic E-state index is 13.0. The van der Waals surface area contributed by atoms with Crippen LogP contribution >= 0.6 is 0 Å². The van der Waals surface area contributed by atoms with Crippen molar-refractivity contribution in [3.05, 3.63) is 84.2 Å². The van der Waals surface area contributed by atoms with E-state index in [0.717, 1.165) is 36.2 Å². The number of fused-ring (bicyclic) bond motifs is 1. The minimum absolute atomic E-state index is 0.0208. The molecule has 1 aliphatic heterocycles. The Labute approximate surface area is 141 Å². The molecule has 3 aromatic rings. The van der Waals surface area contributed by atoms with Crippen LogP contribution in [0.2, 0.25) is 0 Å². The van der Waals surface area contributed by atoms with E-state index in [1.807, 2.05) is 59.5 Å². The number of anilines is 1. The SMILES string of the molecule is O=C(c1cncc(-c2ccccc2)c1)N1CCCc2ccccc21. The number of carbonyl (C=O) groups excluding carboxylic acids is 1. The number of aryl methyl sites for hydroxylation is 1. The van der Waals surface area contributed by atoms with Crippen LogP contribution in [0.1, 0.15) is 22.3 Å². The molecule has 2 aromatic carbocycles. The quantitative estimate of drug-likeness (QED) is 0.705. The first-order valence-corrected chi connectivity index (χ1v) is 8.23. The largest absolute Gasteiger partial charge is 0.308 e. The van der Waals surface area contributed by atoms with Gasteiger partial charge in [-0.2, -0.15) is 0 Å². The lowest BCUT2D eigenvalue weighted by Crippen LogP contribution is -2.35. The second kappa shape index (κ2) is 6.28. The van der Waals surface area contributed by atoms with Gasteiger partial charge in [-0.05, 0) is 36.1 Å². The number of para-hydroxylation sites is 1. The molecule has 2 heterocycles. The molecule has 0 radical (unpaired) electrons. The normalized spacial score (nSPS) is 13.4. The van der Waals surface area contributed by atoms with Crippen molar-refractivity contribution in [1.82, 2.24) is 4.98 Å². The topological polar surface area (TPSA) is 33.2 Å². The van der Waals surface area contributed by atoms with E-state index in [1.165, 1.54) is 5.56 Å². The summed E-state index contributed by atoms with van der Waals surface area (Å²) in [7, 11) is 0. The van der Waals surface area contributed by atoms with Gasteiger partial charge >= 0.3 is 0 Å². The zero-order valence-corrected chi connectivity index (χ0v) is 13.4. The third-order valence-corrected chi connectivity index (χ3v) is 4.45. The summed E-state index contributed by atoms with van der Waals surface area (Å²) in [6.45, 7) is 0.755. The fourth-order valence-electron chi connectivity index (χ4n) is 3.25. The van der Waals surface area contributed by atoms with Crippen LogP contribution in [0.15, 0.2) is 73.1 Å². The lowest BCUT2D eigenvalue weighted by molar-refractivity contribution is 0.0985. The van der Waals surface area contributed by atoms with Crippen molar-refractivity contribution in [2.45, 2.75) is 12.8 Å². The molecule has 1 aromatic heterocycles. The number of pyridine rings is 1. The zero-order chi connectivity index (χ0) is 16.4. The standard InChI is InChI=1S/C21H18N2O/c24-21(23-12-6-10-17-9-4-5-11-20(17)23)19-13-18(14-22-15-19)16-7-2-1-3-8-16/h1-5,7-9,11,13-15H,6,10,12H2. The monoisotopic (exact) mass is 314 g/mol. The van der Waals surface area contributed by atoms with Gasteiger partial charge in [-0.15, -0.1) is 0 Å². The molecule has 118 valence electrons. The number of nitrogens with zero attached hydrogens (tertiary/aromatic N) is 2. The molecule has 24 heavy (non-hydrogen) atoms. The van der Waals surface area contributed by atoms with Crippen molar-refractivity contribution < 1.29 is 4.79 Å². The summed E-state index contributed by atoms with van der Waals surface area (Å²) in [4.78, 5) is 19.2. The minimum Gasteiger partial charge on any atom is -0.308 e. The van der Waals surface area contributed by atoms with Crippen molar-refractivity contribution in [3.63, 3.8) is 0 Å². The van der Waals surface area contributed by atoms with E-state index in [9.17, 15) is 4.79 Å². The van der Waals surface area contributed by atoms with Crippen LogP contribution in [0.3, 0.4) is 0 Å². The maximum Gasteiger partial charge on any atom is 0.259 e. The number of aromatic nitrogens is 1. The van der Waals surface area contributed by atoms with Gasteiger partial charge < -0.3 is 4.90 Å². The van der Waals surface area contributed by atoms with Gasteiger partial charge in [0.25, 0.3) is 5.91 Å². The van der Waals surface area contributed by atoms with Crippen molar-refractivity contribution in [2.75, 3.05) is 11.4 Å². The van der Waals surface area contributed by atoms with Gasteiger partial charge in [-0.3, -0.25) is 9.78 Å². The minimum atomic E-state index is 0.0208. The Hall–Kier alpha value is -2.94. The van der Waals surface area contributed by atoms with Crippen LogP contribution < -0.4 is 4.90 Å². The molecule has 0 N–H and O–H groups in total. The van der Waals surface area contributed by atoms with Crippen molar-refractivity contribution in [1.29, 1.82) is 0 Å². The predicted molar refractivity (Wildman–Crippen MR) is 96.1 cm³/mol. The third-order valence-electron chi connectivity index (χ3n) is 4.45. The average molecular weight is 314 g/mol. The van der Waals surface area contributed by atoms with E-state index in [2.05, 4.69) is 11.1 Å². The maximum atomic E-state index is 13.0. The molecule has 0 saturated heterocycles. The fourth-order valence-corrected chi connectivity index (χ4v) is 3.25. The highest BCUT2D eigenvalue weighted by Crippen LogP contribution is 2.28. The third kappa shape index (κ3) is 2.69. The molecule has 0 aliphatic carbocycles. The number of hydrogen-bond acceptors (Lipinski definition) is 2. The highest BCUT2D eigenvalue weighted by Gasteiger charge is 2.23. The molecular formula is C21H18N2O. The molecule has 0 unspecified atom stereocenters. The molecule has 0 bridgehead atoms. The highest BCUT2D eigenvalue weighted by molar-refractivity contribution is 6.07. The molecule has 0 fully saturated rings. The van der Waals surface area contributed by atoms with Gasteiger partial charge in [-0.1, -0.05) is 48.5 Å². The van der Waals surface area contributed by atoms with Crippen LogP contribution in [0.5, 0.6) is 0 Å². The first-order chi connectivity index (χ1) is 11.8. The molecule has 3 heteroatoms. The van der Waals surface area contributed by atoms with E-state index in [4.69, 9.17) is 0 Å². The van der Waals surface area contributed by atoms with Crippen LogP contribution in [0.25, 0.3) is 11.1 Å². The van der Waals surface area contributed by atoms with Crippen LogP contribution in [-0.2, 0) is 6.42 Å². The molecule has 1 aliphatic rings. The van der Waals surface area contributed by atoms with Crippen LogP contribution in [0.4, 0.5) is 5.69 Å². The number of hydrogen-bond donors (Lipinski definition) is 0. The second-order valence-corrected chi connectivity index (χ2v) is 6.02. The Morgan fingerprint density at radius 1 is 0.917 bits per heavy atom. The first kappa shape index (κ1) is 14.6. The van der Waals surface area contributed by atoms with E-state index < -0.39 is 0 Å². The van der Waals surface area contributed by atoms with E-state index >= 15 is 0 Å². The summed E-state index contributed by atoms with van der Waals surface area (Å²) < 4.78 is 0. The molecule has 0 atom stereocenters. The van der Waals surface area contributed by atoms with E-state index in [-0.39, 0.29) is 5.91 Å². The molecule has 0 saturated carbocycles. The number of rotatable bonds is 2. The van der Waals surface area contributed by atoms with Crippen LogP contribution in [-0.4, -0.2) is 17.4 Å². The Morgan fingerprint density at radius 3 is 2.58 bits per heavy atom. The second-order valence-electron chi connectivity index (χ2n) is 6.02. The summed E-state index contributed by atoms with van der Waals surface area (Å²) >= 11 is 0. The summed E-state index contributed by atoms with van der Waals surface area (Å²) in [6, 6.07) is 20.1. The van der Waals surface area contributed by atoms with Gasteiger partial charge in [0.2, 0.25) is 0 Å². The van der Waals surface area contributed by atoms with Crippen molar-refractivity contribution >= 4 is 11.6 Å². The van der Waals surface area contributed by atoms with Crippen LogP contribution in [0, 0.1) is 0 Å². The predicted octanol–water partition coefficient (Wildman–Crippen LogP) is 4.34. The Bertz CT molecular complexity index is 874.